The van der Waals surface area contributed by atoms with Crippen LogP contribution in [-0.2, 0) is 21.4 Å². The number of ether oxygens (including phenoxy) is 1. The fourth-order valence-electron chi connectivity index (χ4n) is 9.19. The van der Waals surface area contributed by atoms with Crippen molar-refractivity contribution in [2.45, 2.75) is 87.7 Å². The van der Waals surface area contributed by atoms with E-state index >= 15 is 0 Å². The highest BCUT2D eigenvalue weighted by Gasteiger charge is 2.49. The van der Waals surface area contributed by atoms with Gasteiger partial charge >= 0.3 is 11.8 Å². The molecule has 12 heteroatoms. The molecule has 5 aliphatic heterocycles. The number of likely N-dealkylation sites (tertiary alicyclic amines) is 2. The lowest BCUT2D eigenvalue weighted by molar-refractivity contribution is -0.135. The number of aryl methyl sites for hydroxylation is 1. The highest BCUT2D eigenvalue weighted by atomic mass is 16.6. The summed E-state index contributed by atoms with van der Waals surface area (Å²) in [6.07, 6.45) is 8.43. The molecule has 2 N–H and O–H groups in total. The van der Waals surface area contributed by atoms with Crippen LogP contribution in [0.4, 0.5) is 4.79 Å². The average Bonchev–Trinajstić information content (AvgIpc) is 3.72. The molecular weight excluding hydrogens is 588 g/mol. The predicted octanol–water partition coefficient (Wildman–Crippen LogP) is 2.34. The third kappa shape index (κ3) is 5.66. The van der Waals surface area contributed by atoms with Gasteiger partial charge in [0.05, 0.1) is 17.6 Å². The van der Waals surface area contributed by atoms with E-state index in [1.807, 2.05) is 17.0 Å². The number of nitrogens with zero attached hydrogens (tertiary/aromatic N) is 5. The number of carbonyl (C=O) groups excluding carboxylic acids is 3. The van der Waals surface area contributed by atoms with E-state index in [2.05, 4.69) is 21.2 Å². The summed E-state index contributed by atoms with van der Waals surface area (Å²) in [5.41, 5.74) is 2.48. The zero-order valence-electron chi connectivity index (χ0n) is 27.0. The minimum Gasteiger partial charge on any atom is -0.448 e. The van der Waals surface area contributed by atoms with Crippen LogP contribution in [0, 0.1) is 5.92 Å². The quantitative estimate of drug-likeness (QED) is 0.444. The Hall–Kier alpha value is -3.22. The standard InChI is InChI=1S/C34H48N6O6/c1-36-30-26(4-2-5-27(30)40(32(36)44)28-6-7-29(42)35-31(28)43)24-11-16-37(17-12-24)20-23-9-18-38(19-10-23)33(45)46-21-25-8-14-34(22-41)13-3-15-39(25)34/h2,4-5,23-25,28,41H,3,6-22H2,1H3,(H,35,42,43)/t25-,28?,34-/m0/s1. The molecule has 0 saturated carbocycles. The summed E-state index contributed by atoms with van der Waals surface area (Å²) in [5.74, 6) is 0.177. The lowest BCUT2D eigenvalue weighted by Gasteiger charge is -2.38. The number of benzene rings is 1. The molecule has 2 aromatic rings. The molecule has 1 aromatic heterocycles. The molecule has 5 fully saturated rings. The van der Waals surface area contributed by atoms with Crippen LogP contribution >= 0.6 is 0 Å². The highest BCUT2D eigenvalue weighted by molar-refractivity contribution is 6.00. The van der Waals surface area contributed by atoms with Crippen LogP contribution in [-0.4, -0.2) is 111 Å². The van der Waals surface area contributed by atoms with Gasteiger partial charge in [0.25, 0.3) is 0 Å². The van der Waals surface area contributed by atoms with E-state index in [4.69, 9.17) is 4.74 Å². The van der Waals surface area contributed by atoms with Crippen LogP contribution in [0.1, 0.15) is 81.7 Å². The number of aliphatic hydroxyl groups is 1. The minimum absolute atomic E-state index is 0.0840. The van der Waals surface area contributed by atoms with Crippen molar-refractivity contribution in [2.24, 2.45) is 13.0 Å². The number of aromatic nitrogens is 2. The molecule has 0 spiro atoms. The van der Waals surface area contributed by atoms with Gasteiger partial charge in [-0.3, -0.25) is 28.9 Å². The first kappa shape index (κ1) is 31.4. The van der Waals surface area contributed by atoms with Gasteiger partial charge in [-0.2, -0.15) is 0 Å². The number of hydrogen-bond acceptors (Lipinski definition) is 8. The molecule has 3 amide bonds. The molecule has 46 heavy (non-hydrogen) atoms. The predicted molar refractivity (Wildman–Crippen MR) is 171 cm³/mol. The minimum atomic E-state index is -0.677. The molecule has 0 bridgehead atoms. The number of rotatable bonds is 7. The smallest absolute Gasteiger partial charge is 0.409 e. The second-order valence-electron chi connectivity index (χ2n) is 14.3. The van der Waals surface area contributed by atoms with Gasteiger partial charge in [0.15, 0.2) is 0 Å². The third-order valence-electron chi connectivity index (χ3n) is 11.8. The number of fused-ring (bicyclic) bond motifs is 2. The number of hydrogen-bond donors (Lipinski definition) is 2. The van der Waals surface area contributed by atoms with Crippen molar-refractivity contribution in [3.05, 3.63) is 34.2 Å². The van der Waals surface area contributed by atoms with E-state index in [-0.39, 0.29) is 42.3 Å². The van der Waals surface area contributed by atoms with Gasteiger partial charge in [-0.05, 0) is 101 Å². The Morgan fingerprint density at radius 1 is 1.00 bits per heavy atom. The number of imide groups is 1. The second kappa shape index (κ2) is 12.8. The summed E-state index contributed by atoms with van der Waals surface area (Å²) < 4.78 is 9.03. The summed E-state index contributed by atoms with van der Waals surface area (Å²) in [6, 6.07) is 5.55. The van der Waals surface area contributed by atoms with Crippen molar-refractivity contribution >= 4 is 28.9 Å². The average molecular weight is 637 g/mol. The molecule has 5 saturated heterocycles. The molecule has 5 aliphatic rings. The summed E-state index contributed by atoms with van der Waals surface area (Å²) >= 11 is 0. The molecule has 0 radical (unpaired) electrons. The van der Waals surface area contributed by atoms with Crippen LogP contribution in [0.3, 0.4) is 0 Å². The molecule has 6 heterocycles. The number of imidazole rings is 1. The van der Waals surface area contributed by atoms with E-state index < -0.39 is 11.9 Å². The molecule has 7 rings (SSSR count). The van der Waals surface area contributed by atoms with Gasteiger partial charge < -0.3 is 19.6 Å². The Kier molecular flexibility index (Phi) is 8.71. The van der Waals surface area contributed by atoms with Crippen molar-refractivity contribution in [3.8, 4) is 0 Å². The number of para-hydroxylation sites is 1. The van der Waals surface area contributed by atoms with E-state index in [9.17, 15) is 24.3 Å². The fourth-order valence-corrected chi connectivity index (χ4v) is 9.19. The number of aliphatic hydroxyl groups excluding tert-OH is 1. The maximum absolute atomic E-state index is 13.4. The summed E-state index contributed by atoms with van der Waals surface area (Å²) in [5, 5.41) is 12.3. The van der Waals surface area contributed by atoms with Crippen molar-refractivity contribution < 1.29 is 24.2 Å². The SMILES string of the molecule is Cn1c(=O)n(C2CCC(=O)NC2=O)c2cccc(C3CCN(CC4CCN(C(=O)OC[C@@H]5CC[C@]6(CO)CCCN56)CC4)CC3)c21. The lowest BCUT2D eigenvalue weighted by atomic mass is 9.87. The monoisotopic (exact) mass is 636 g/mol. The number of carbonyl (C=O) groups is 3. The van der Waals surface area contributed by atoms with Crippen LogP contribution < -0.4 is 11.0 Å². The summed E-state index contributed by atoms with van der Waals surface area (Å²) in [4.78, 5) is 57.4. The zero-order chi connectivity index (χ0) is 32.0. The number of nitrogens with one attached hydrogen (secondary N) is 1. The van der Waals surface area contributed by atoms with Gasteiger partial charge in [-0.25, -0.2) is 9.59 Å². The van der Waals surface area contributed by atoms with Crippen molar-refractivity contribution in [1.29, 1.82) is 0 Å². The normalized spacial score (nSPS) is 28.6. The maximum Gasteiger partial charge on any atom is 0.409 e. The van der Waals surface area contributed by atoms with Crippen LogP contribution in [0.25, 0.3) is 11.0 Å². The van der Waals surface area contributed by atoms with E-state index in [0.717, 1.165) is 107 Å². The largest absolute Gasteiger partial charge is 0.448 e. The van der Waals surface area contributed by atoms with Crippen LogP contribution in [0.15, 0.2) is 23.0 Å². The molecule has 1 unspecified atom stereocenters. The van der Waals surface area contributed by atoms with Gasteiger partial charge in [0.2, 0.25) is 11.8 Å². The Morgan fingerprint density at radius 3 is 2.52 bits per heavy atom. The lowest BCUT2D eigenvalue weighted by Crippen LogP contribution is -2.47. The first-order valence-electron chi connectivity index (χ1n) is 17.3. The van der Waals surface area contributed by atoms with Gasteiger partial charge in [-0.1, -0.05) is 12.1 Å². The van der Waals surface area contributed by atoms with E-state index in [0.29, 0.717) is 24.9 Å². The van der Waals surface area contributed by atoms with Crippen molar-refractivity contribution in [2.75, 3.05) is 52.5 Å². The molecule has 1 aromatic carbocycles. The van der Waals surface area contributed by atoms with E-state index in [1.54, 1.807) is 16.2 Å². The van der Waals surface area contributed by atoms with Gasteiger partial charge in [0, 0.05) is 44.7 Å². The van der Waals surface area contributed by atoms with Gasteiger partial charge in [-0.15, -0.1) is 0 Å². The summed E-state index contributed by atoms with van der Waals surface area (Å²) in [6.45, 7) is 6.06. The van der Waals surface area contributed by atoms with Crippen molar-refractivity contribution in [1.82, 2.24) is 29.2 Å². The Bertz CT molecular complexity index is 1540. The molecule has 12 nitrogen and oxygen atoms in total. The Balaban J connectivity index is 0.901. The van der Waals surface area contributed by atoms with Crippen molar-refractivity contribution in [3.63, 3.8) is 0 Å². The zero-order valence-corrected chi connectivity index (χ0v) is 27.0. The first-order valence-corrected chi connectivity index (χ1v) is 17.3. The van der Waals surface area contributed by atoms with Gasteiger partial charge in [0.1, 0.15) is 12.6 Å². The third-order valence-corrected chi connectivity index (χ3v) is 11.8. The van der Waals surface area contributed by atoms with Crippen LogP contribution in [0.5, 0.6) is 0 Å². The molecular formula is C34H48N6O6. The summed E-state index contributed by atoms with van der Waals surface area (Å²) in [7, 11) is 1.78. The topological polar surface area (TPSA) is 129 Å². The second-order valence-corrected chi connectivity index (χ2v) is 14.3. The Labute approximate surface area is 269 Å². The van der Waals surface area contributed by atoms with Crippen LogP contribution in [0.2, 0.25) is 0 Å². The van der Waals surface area contributed by atoms with E-state index in [1.165, 1.54) is 0 Å². The first-order chi connectivity index (χ1) is 22.3. The number of amides is 3. The molecule has 0 aliphatic carbocycles. The maximum atomic E-state index is 13.4. The Morgan fingerprint density at radius 2 is 1.78 bits per heavy atom. The number of piperidine rings is 3. The molecule has 250 valence electrons. The molecule has 3 atom stereocenters. The highest BCUT2D eigenvalue weighted by Crippen LogP contribution is 2.42. The fraction of sp³-hybridized carbons (Fsp3) is 0.706.